The average molecular weight is 1250 g/mol. The zero-order chi connectivity index (χ0) is 64.9. The second kappa shape index (κ2) is 24.6. The summed E-state index contributed by atoms with van der Waals surface area (Å²) in [5, 5.41) is 8.81. The van der Waals surface area contributed by atoms with Gasteiger partial charge in [-0.15, -0.1) is 0 Å². The van der Waals surface area contributed by atoms with Crippen LogP contribution in [0.15, 0.2) is 340 Å². The lowest BCUT2D eigenvalue weighted by molar-refractivity contribution is 1.37. The highest BCUT2D eigenvalue weighted by Gasteiger charge is 2.16. The van der Waals surface area contributed by atoms with Gasteiger partial charge in [-0.2, -0.15) is 0 Å². The highest BCUT2D eigenvalue weighted by Crippen LogP contribution is 2.38. The van der Waals surface area contributed by atoms with Crippen molar-refractivity contribution in [1.82, 2.24) is 39.9 Å². The number of rotatable bonds is 9. The minimum Gasteiger partial charge on any atom is -0.254 e. The molecule has 11 aromatic carbocycles. The molecule has 0 saturated carbocycles. The lowest BCUT2D eigenvalue weighted by Crippen LogP contribution is -1.90. The third-order valence-electron chi connectivity index (χ3n) is 18.7. The maximum absolute atomic E-state index is 5.06. The van der Waals surface area contributed by atoms with E-state index in [4.69, 9.17) is 19.9 Å². The number of benzene rings is 11. The van der Waals surface area contributed by atoms with Crippen LogP contribution in [0.4, 0.5) is 0 Å². The van der Waals surface area contributed by atoms with Crippen LogP contribution >= 0.6 is 0 Å². The molecule has 456 valence electrons. The molecule has 8 heterocycles. The summed E-state index contributed by atoms with van der Waals surface area (Å²) in [4.78, 5) is 38.6. The smallest absolute Gasteiger partial charge is 0.0970 e. The van der Waals surface area contributed by atoms with Crippen LogP contribution in [0.2, 0.25) is 0 Å². The van der Waals surface area contributed by atoms with E-state index >= 15 is 0 Å². The van der Waals surface area contributed by atoms with Crippen molar-refractivity contribution in [3.63, 3.8) is 0 Å². The molecule has 98 heavy (non-hydrogen) atoms. The monoisotopic (exact) mass is 1250 g/mol. The molecule has 19 aromatic rings. The van der Waals surface area contributed by atoms with Gasteiger partial charge in [0.2, 0.25) is 0 Å². The van der Waals surface area contributed by atoms with Gasteiger partial charge in [0.25, 0.3) is 0 Å². The Bertz CT molecular complexity index is 6300. The Labute approximate surface area is 564 Å². The van der Waals surface area contributed by atoms with E-state index in [9.17, 15) is 0 Å². The highest BCUT2D eigenvalue weighted by molar-refractivity contribution is 6.11. The fourth-order valence-corrected chi connectivity index (χ4v) is 13.6. The zero-order valence-corrected chi connectivity index (χ0v) is 52.9. The van der Waals surface area contributed by atoms with E-state index in [1.165, 1.54) is 11.1 Å². The van der Waals surface area contributed by atoms with Gasteiger partial charge in [0.05, 0.1) is 66.9 Å². The van der Waals surface area contributed by atoms with E-state index in [2.05, 4.69) is 287 Å². The molecule has 0 N–H and O–H groups in total. The molecule has 19 rings (SSSR count). The molecule has 0 aliphatic heterocycles. The number of nitrogens with zero attached hydrogens (tertiary/aromatic N) is 8. The van der Waals surface area contributed by atoms with Crippen molar-refractivity contribution in [3.8, 4) is 101 Å². The first-order valence-corrected chi connectivity index (χ1v) is 32.8. The van der Waals surface area contributed by atoms with Gasteiger partial charge in [0, 0.05) is 90.1 Å². The molecule has 0 fully saturated rings. The molecule has 0 aliphatic rings. The van der Waals surface area contributed by atoms with Crippen molar-refractivity contribution in [2.75, 3.05) is 0 Å². The number of fused-ring (bicyclic) bond motifs is 10. The Morgan fingerprint density at radius 1 is 0.163 bits per heavy atom. The van der Waals surface area contributed by atoms with Gasteiger partial charge < -0.3 is 0 Å². The fraction of sp³-hybridized carbons (Fsp3) is 0. The third-order valence-corrected chi connectivity index (χ3v) is 18.7. The molecule has 8 nitrogen and oxygen atoms in total. The second-order valence-electron chi connectivity index (χ2n) is 24.7. The van der Waals surface area contributed by atoms with Crippen LogP contribution in [0.25, 0.3) is 188 Å². The predicted octanol–water partition coefficient (Wildman–Crippen LogP) is 22.8. The number of pyridine rings is 8. The van der Waals surface area contributed by atoms with Crippen LogP contribution in [0.1, 0.15) is 0 Å². The Morgan fingerprint density at radius 2 is 0.469 bits per heavy atom. The molecule has 0 aliphatic carbocycles. The maximum Gasteiger partial charge on any atom is 0.0970 e. The van der Waals surface area contributed by atoms with Crippen LogP contribution in [0.5, 0.6) is 0 Å². The summed E-state index contributed by atoms with van der Waals surface area (Å²) in [5.74, 6) is 0. The minimum absolute atomic E-state index is 0.922. The molecule has 8 heteroatoms. The second-order valence-corrected chi connectivity index (χ2v) is 24.7. The Kier molecular flexibility index (Phi) is 14.4. The quantitative estimate of drug-likeness (QED) is 0.132. The van der Waals surface area contributed by atoms with Gasteiger partial charge >= 0.3 is 0 Å². The molecule has 0 unspecified atom stereocenters. The first-order valence-electron chi connectivity index (χ1n) is 32.8. The topological polar surface area (TPSA) is 103 Å². The molecule has 0 bridgehead atoms. The molecule has 0 radical (unpaired) electrons. The van der Waals surface area contributed by atoms with Crippen molar-refractivity contribution < 1.29 is 0 Å². The Morgan fingerprint density at radius 3 is 0.878 bits per heavy atom. The summed E-state index contributed by atoms with van der Waals surface area (Å²) in [6.07, 6.45) is 7.31. The van der Waals surface area contributed by atoms with Gasteiger partial charge in [-0.05, 0) is 171 Å². The zero-order valence-electron chi connectivity index (χ0n) is 52.9. The molecule has 8 aromatic heterocycles. The molecular weight excluding hydrogens is 1190 g/mol. The van der Waals surface area contributed by atoms with Crippen molar-refractivity contribution in [1.29, 1.82) is 0 Å². The van der Waals surface area contributed by atoms with Gasteiger partial charge in [0.15, 0.2) is 0 Å². The van der Waals surface area contributed by atoms with Crippen molar-refractivity contribution in [2.24, 2.45) is 0 Å². The van der Waals surface area contributed by atoms with Crippen LogP contribution in [-0.2, 0) is 0 Å². The number of hydrogen-bond donors (Lipinski definition) is 0. The summed E-state index contributed by atoms with van der Waals surface area (Å²) in [6.45, 7) is 0. The summed E-state index contributed by atoms with van der Waals surface area (Å²) in [6, 6.07) is 111. The van der Waals surface area contributed by atoms with E-state index in [1.54, 1.807) is 0 Å². The number of aromatic nitrogens is 8. The average Bonchev–Trinajstić information content (AvgIpc) is 0.776. The normalized spacial score (nSPS) is 11.5. The van der Waals surface area contributed by atoms with E-state index < -0.39 is 0 Å². The molecule has 0 spiro atoms. The first kappa shape index (κ1) is 57.4. The lowest BCUT2D eigenvalue weighted by atomic mass is 9.96. The first-order chi connectivity index (χ1) is 48.5. The van der Waals surface area contributed by atoms with E-state index in [-0.39, 0.29) is 0 Å². The standard InChI is InChI=1S/C48H30N4.C42H26N4/c1-2-7-31(8-3-1)34-9-4-10-37(27-34)44-24-20-39-29-36(18-22-46(39)52-44)35-17-21-45-38(28-35)19-23-43(51-45)33-15-13-32(14-16-33)42-30-40-11-5-25-49-47(40)48-41(42)12-6-26-50-48;1-2-6-28(7-3-1)37-20-16-32-24-30(14-18-39(32)45-37)31-15-19-40-33(25-31)17-21-38(46-40)29-12-10-27(11-13-29)36-26-34-8-4-22-43-41(34)42-35(36)9-5-23-44-42/h1-30H;1-26H. The van der Waals surface area contributed by atoms with Crippen molar-refractivity contribution >= 4 is 87.2 Å². The molecule has 0 saturated heterocycles. The van der Waals surface area contributed by atoms with Crippen LogP contribution < -0.4 is 0 Å². The summed E-state index contributed by atoms with van der Waals surface area (Å²) in [5.41, 5.74) is 27.4. The van der Waals surface area contributed by atoms with Crippen LogP contribution in [0.3, 0.4) is 0 Å². The maximum atomic E-state index is 5.06. The summed E-state index contributed by atoms with van der Waals surface area (Å²) < 4.78 is 0. The Balaban J connectivity index is 0.000000143. The van der Waals surface area contributed by atoms with E-state index in [0.717, 1.165) is 177 Å². The summed E-state index contributed by atoms with van der Waals surface area (Å²) >= 11 is 0. The fourth-order valence-electron chi connectivity index (χ4n) is 13.6. The predicted molar refractivity (Wildman–Crippen MR) is 404 cm³/mol. The van der Waals surface area contributed by atoms with Crippen LogP contribution in [0, 0.1) is 0 Å². The highest BCUT2D eigenvalue weighted by atomic mass is 14.7. The molecular formula is C90H56N8. The minimum atomic E-state index is 0.922. The van der Waals surface area contributed by atoms with Gasteiger partial charge in [-0.3, -0.25) is 19.9 Å². The van der Waals surface area contributed by atoms with E-state index in [1.807, 2.05) is 73.3 Å². The Hall–Kier alpha value is -13.3. The van der Waals surface area contributed by atoms with Gasteiger partial charge in [0.1, 0.15) is 0 Å². The molecule has 0 amide bonds. The molecule has 0 atom stereocenters. The third kappa shape index (κ3) is 10.9. The largest absolute Gasteiger partial charge is 0.254 e. The van der Waals surface area contributed by atoms with Gasteiger partial charge in [-0.25, -0.2) is 19.9 Å². The SMILES string of the molecule is c1ccc(-c2ccc3cc(-c4ccc5nc(-c6ccc(-c7cc8cccnc8c8ncccc78)cc6)ccc5c4)ccc3n2)cc1.c1ccc(-c2cccc(-c3ccc4cc(-c5ccc6nc(-c7ccc(-c8cc9cccnc9c9ncccc89)cc7)ccc6c5)ccc4n3)c2)cc1. The van der Waals surface area contributed by atoms with Crippen LogP contribution in [-0.4, -0.2) is 39.9 Å². The number of hydrogen-bond acceptors (Lipinski definition) is 8. The lowest BCUT2D eigenvalue weighted by Gasteiger charge is -2.11. The van der Waals surface area contributed by atoms with Crippen molar-refractivity contribution in [2.45, 2.75) is 0 Å². The summed E-state index contributed by atoms with van der Waals surface area (Å²) in [7, 11) is 0. The van der Waals surface area contributed by atoms with E-state index in [0.29, 0.717) is 0 Å². The van der Waals surface area contributed by atoms with Crippen molar-refractivity contribution in [3.05, 3.63) is 340 Å². The van der Waals surface area contributed by atoms with Gasteiger partial charge in [-0.1, -0.05) is 200 Å².